The van der Waals surface area contributed by atoms with Gasteiger partial charge in [-0.3, -0.25) is 0 Å². The van der Waals surface area contributed by atoms with Crippen molar-refractivity contribution in [3.05, 3.63) is 46.4 Å². The van der Waals surface area contributed by atoms with Gasteiger partial charge in [-0.05, 0) is 38.5 Å². The molecule has 0 bridgehead atoms. The van der Waals surface area contributed by atoms with Crippen LogP contribution in [0.2, 0.25) is 0 Å². The van der Waals surface area contributed by atoms with Crippen LogP contribution in [0.1, 0.15) is 33.8 Å². The van der Waals surface area contributed by atoms with E-state index in [-0.39, 0.29) is 5.97 Å². The van der Waals surface area contributed by atoms with Gasteiger partial charge in [-0.2, -0.15) is 0 Å². The molecule has 0 aliphatic rings. The summed E-state index contributed by atoms with van der Waals surface area (Å²) in [4.78, 5) is 30.6. The van der Waals surface area contributed by atoms with E-state index in [1.54, 1.807) is 6.92 Å². The van der Waals surface area contributed by atoms with Crippen molar-refractivity contribution in [2.75, 3.05) is 18.5 Å². The normalized spacial score (nSPS) is 11.2. The molecule has 0 radical (unpaired) electrons. The van der Waals surface area contributed by atoms with Gasteiger partial charge in [-0.25, -0.2) is 19.7 Å². The summed E-state index contributed by atoms with van der Waals surface area (Å²) in [5, 5.41) is 4.27. The van der Waals surface area contributed by atoms with Gasteiger partial charge in [0.2, 0.25) is 0 Å². The zero-order chi connectivity index (χ0) is 19.7. The van der Waals surface area contributed by atoms with Crippen molar-refractivity contribution in [1.82, 2.24) is 19.9 Å². The average Bonchev–Trinajstić information content (AvgIpc) is 3.22. The maximum absolute atomic E-state index is 12.2. The molecule has 0 saturated carbocycles. The number of para-hydroxylation sites is 2. The number of carbonyl (C=O) groups excluding carboxylic acids is 1. The molecule has 2 N–H and O–H groups in total. The minimum Gasteiger partial charge on any atom is -0.462 e. The Labute approximate surface area is 166 Å². The Bertz CT molecular complexity index is 1130. The molecule has 4 rings (SSSR count). The summed E-state index contributed by atoms with van der Waals surface area (Å²) in [6, 6.07) is 7.98. The first-order valence-electron chi connectivity index (χ1n) is 9.19. The number of fused-ring (bicyclic) bond motifs is 2. The van der Waals surface area contributed by atoms with Gasteiger partial charge in [0.1, 0.15) is 27.2 Å². The number of ether oxygens (including phenoxy) is 1. The Balaban J connectivity index is 1.58. The van der Waals surface area contributed by atoms with Crippen molar-refractivity contribution >= 4 is 44.4 Å². The minimum atomic E-state index is -0.311. The van der Waals surface area contributed by atoms with Gasteiger partial charge in [0.05, 0.1) is 23.0 Å². The van der Waals surface area contributed by atoms with Gasteiger partial charge in [-0.15, -0.1) is 11.3 Å². The van der Waals surface area contributed by atoms with Gasteiger partial charge in [0.25, 0.3) is 0 Å². The van der Waals surface area contributed by atoms with Crippen LogP contribution in [0.4, 0.5) is 5.82 Å². The average molecular weight is 395 g/mol. The number of imidazole rings is 1. The van der Waals surface area contributed by atoms with Crippen LogP contribution in [0.3, 0.4) is 0 Å². The number of rotatable bonds is 6. The number of aromatic amines is 1. The Morgan fingerprint density at radius 2 is 2.04 bits per heavy atom. The highest BCUT2D eigenvalue weighted by Gasteiger charge is 2.20. The molecule has 4 aromatic rings. The Kier molecular flexibility index (Phi) is 4.95. The lowest BCUT2D eigenvalue weighted by Crippen LogP contribution is -2.09. The molecule has 0 amide bonds. The number of hydrogen-bond donors (Lipinski definition) is 2. The molecule has 0 atom stereocenters. The molecule has 0 saturated heterocycles. The van der Waals surface area contributed by atoms with Crippen LogP contribution in [0.15, 0.2) is 24.3 Å². The molecule has 144 valence electrons. The van der Waals surface area contributed by atoms with Gasteiger partial charge >= 0.3 is 5.97 Å². The third kappa shape index (κ3) is 3.43. The number of carbonyl (C=O) groups is 1. The molecule has 3 heterocycles. The smallest absolute Gasteiger partial charge is 0.348 e. The number of benzene rings is 1. The Morgan fingerprint density at radius 1 is 1.21 bits per heavy atom. The molecule has 0 fully saturated rings. The van der Waals surface area contributed by atoms with E-state index in [2.05, 4.69) is 25.3 Å². The van der Waals surface area contributed by atoms with Crippen LogP contribution in [0, 0.1) is 13.8 Å². The van der Waals surface area contributed by atoms with Gasteiger partial charge < -0.3 is 15.0 Å². The highest BCUT2D eigenvalue weighted by atomic mass is 32.1. The fourth-order valence-corrected chi connectivity index (χ4v) is 4.31. The summed E-state index contributed by atoms with van der Waals surface area (Å²) in [6.45, 7) is 6.57. The number of anilines is 1. The highest BCUT2D eigenvalue weighted by Crippen LogP contribution is 2.34. The number of hydrogen-bond acceptors (Lipinski definition) is 7. The standard InChI is InChI=1S/C20H21N5O2S/c1-4-27-20(26)17-11(2)16-18(22-12(3)23-19(16)28-17)21-10-9-15-24-13-7-5-6-8-14(13)25-15/h5-8H,4,9-10H2,1-3H3,(H,24,25)(H,21,22,23). The lowest BCUT2D eigenvalue weighted by atomic mass is 10.2. The Hall–Kier alpha value is -3.00. The van der Waals surface area contributed by atoms with Crippen molar-refractivity contribution < 1.29 is 9.53 Å². The van der Waals surface area contributed by atoms with E-state index in [1.165, 1.54) is 11.3 Å². The number of nitrogens with one attached hydrogen (secondary N) is 2. The molecule has 0 spiro atoms. The third-order valence-corrected chi connectivity index (χ3v) is 5.62. The van der Waals surface area contributed by atoms with Crippen molar-refractivity contribution in [3.8, 4) is 0 Å². The zero-order valence-electron chi connectivity index (χ0n) is 16.0. The summed E-state index contributed by atoms with van der Waals surface area (Å²) in [7, 11) is 0. The largest absolute Gasteiger partial charge is 0.462 e. The summed E-state index contributed by atoms with van der Waals surface area (Å²) >= 11 is 1.35. The van der Waals surface area contributed by atoms with E-state index in [9.17, 15) is 4.79 Å². The van der Waals surface area contributed by atoms with Gasteiger partial charge in [0, 0.05) is 13.0 Å². The summed E-state index contributed by atoms with van der Waals surface area (Å²) in [5.74, 6) is 2.01. The van der Waals surface area contributed by atoms with Gasteiger partial charge in [0.15, 0.2) is 0 Å². The number of H-pyrrole nitrogens is 1. The molecule has 1 aromatic carbocycles. The summed E-state index contributed by atoms with van der Waals surface area (Å²) in [5.41, 5.74) is 2.85. The number of thiophene rings is 1. The van der Waals surface area contributed by atoms with E-state index >= 15 is 0 Å². The molecule has 8 heteroatoms. The lowest BCUT2D eigenvalue weighted by molar-refractivity contribution is 0.0531. The molecular formula is C20H21N5O2S. The fourth-order valence-electron chi connectivity index (χ4n) is 3.19. The highest BCUT2D eigenvalue weighted by molar-refractivity contribution is 7.20. The monoisotopic (exact) mass is 395 g/mol. The SMILES string of the molecule is CCOC(=O)c1sc2nc(C)nc(NCCc3nc4ccccc4[nH]3)c2c1C. The quantitative estimate of drug-likeness (QED) is 0.479. The third-order valence-electron chi connectivity index (χ3n) is 4.46. The van der Waals surface area contributed by atoms with Crippen LogP contribution in [-0.2, 0) is 11.2 Å². The van der Waals surface area contributed by atoms with E-state index in [0.717, 1.165) is 44.9 Å². The first-order valence-corrected chi connectivity index (χ1v) is 10.0. The second-order valence-corrected chi connectivity index (χ2v) is 7.45. The Morgan fingerprint density at radius 3 is 2.82 bits per heavy atom. The van der Waals surface area contributed by atoms with Crippen molar-refractivity contribution in [2.24, 2.45) is 0 Å². The van der Waals surface area contributed by atoms with Crippen LogP contribution in [-0.4, -0.2) is 39.1 Å². The predicted molar refractivity (Wildman–Crippen MR) is 111 cm³/mol. The van der Waals surface area contributed by atoms with Crippen molar-refractivity contribution in [2.45, 2.75) is 27.2 Å². The maximum Gasteiger partial charge on any atom is 0.348 e. The number of aromatic nitrogens is 4. The molecule has 0 aliphatic heterocycles. The van der Waals surface area contributed by atoms with Crippen LogP contribution >= 0.6 is 11.3 Å². The van der Waals surface area contributed by atoms with E-state index in [4.69, 9.17) is 4.74 Å². The van der Waals surface area contributed by atoms with E-state index < -0.39 is 0 Å². The maximum atomic E-state index is 12.2. The molecule has 0 aliphatic carbocycles. The topological polar surface area (TPSA) is 92.8 Å². The summed E-state index contributed by atoms with van der Waals surface area (Å²) < 4.78 is 5.17. The predicted octanol–water partition coefficient (Wildman–Crippen LogP) is 4.02. The minimum absolute atomic E-state index is 0.311. The second-order valence-electron chi connectivity index (χ2n) is 6.45. The van der Waals surface area contributed by atoms with Crippen LogP contribution in [0.5, 0.6) is 0 Å². The van der Waals surface area contributed by atoms with Crippen LogP contribution in [0.25, 0.3) is 21.3 Å². The number of aryl methyl sites for hydroxylation is 2. The van der Waals surface area contributed by atoms with E-state index in [0.29, 0.717) is 23.9 Å². The molecule has 28 heavy (non-hydrogen) atoms. The first-order chi connectivity index (χ1) is 13.6. The molecular weight excluding hydrogens is 374 g/mol. The fraction of sp³-hybridized carbons (Fsp3) is 0.300. The van der Waals surface area contributed by atoms with E-state index in [1.807, 2.05) is 38.1 Å². The van der Waals surface area contributed by atoms with Crippen LogP contribution < -0.4 is 5.32 Å². The molecule has 0 unspecified atom stereocenters. The summed E-state index contributed by atoms with van der Waals surface area (Å²) in [6.07, 6.45) is 0.729. The molecule has 3 aromatic heterocycles. The van der Waals surface area contributed by atoms with Crippen molar-refractivity contribution in [3.63, 3.8) is 0 Å². The molecule has 7 nitrogen and oxygen atoms in total. The second kappa shape index (κ2) is 7.55. The van der Waals surface area contributed by atoms with Crippen molar-refractivity contribution in [1.29, 1.82) is 0 Å². The first kappa shape index (κ1) is 18.4. The number of esters is 1. The lowest BCUT2D eigenvalue weighted by Gasteiger charge is -2.08. The van der Waals surface area contributed by atoms with Gasteiger partial charge in [-0.1, -0.05) is 12.1 Å². The number of nitrogens with zero attached hydrogens (tertiary/aromatic N) is 3. The zero-order valence-corrected chi connectivity index (χ0v) is 16.8.